The smallest absolute Gasteiger partial charge is 0.181 e. The minimum atomic E-state index is 0.719. The number of nitrogen functional groups attached to an aromatic ring is 1. The first-order chi connectivity index (χ1) is 9.81. The molecule has 0 aliphatic rings. The Morgan fingerprint density at radius 1 is 1.10 bits per heavy atom. The zero-order chi connectivity index (χ0) is 13.8. The Labute approximate surface area is 117 Å². The van der Waals surface area contributed by atoms with Crippen LogP contribution in [0.3, 0.4) is 0 Å². The Balaban J connectivity index is 1.69. The summed E-state index contributed by atoms with van der Waals surface area (Å²) in [7, 11) is 0. The lowest BCUT2D eigenvalue weighted by molar-refractivity contribution is 0.614. The Morgan fingerprint density at radius 2 is 1.95 bits per heavy atom. The molecule has 5 heteroatoms. The van der Waals surface area contributed by atoms with Crippen molar-refractivity contribution in [3.63, 3.8) is 0 Å². The summed E-state index contributed by atoms with van der Waals surface area (Å²) < 4.78 is 1.85. The maximum absolute atomic E-state index is 5.67. The van der Waals surface area contributed by atoms with E-state index in [0.717, 1.165) is 30.0 Å². The Kier molecular flexibility index (Phi) is 3.41. The van der Waals surface area contributed by atoms with Gasteiger partial charge in [-0.1, -0.05) is 6.07 Å². The van der Waals surface area contributed by atoms with Crippen LogP contribution in [0.15, 0.2) is 55.1 Å². The molecule has 0 bridgehead atoms. The lowest BCUT2D eigenvalue weighted by atomic mass is 10.2. The van der Waals surface area contributed by atoms with Gasteiger partial charge in [0.2, 0.25) is 0 Å². The summed E-state index contributed by atoms with van der Waals surface area (Å²) in [5.41, 5.74) is 8.57. The van der Waals surface area contributed by atoms with Crippen LogP contribution in [0.4, 0.5) is 5.69 Å². The summed E-state index contributed by atoms with van der Waals surface area (Å²) in [6.45, 7) is 0.785. The van der Waals surface area contributed by atoms with E-state index in [-0.39, 0.29) is 0 Å². The van der Waals surface area contributed by atoms with E-state index in [2.05, 4.69) is 21.1 Å². The number of nitrogens with zero attached hydrogens (tertiary/aromatic N) is 4. The molecular weight excluding hydrogens is 250 g/mol. The highest BCUT2D eigenvalue weighted by atomic mass is 15.3. The fourth-order valence-electron chi connectivity index (χ4n) is 1.96. The number of aromatic nitrogens is 4. The Hall–Kier alpha value is -2.69. The average Bonchev–Trinajstić information content (AvgIpc) is 2.96. The number of pyridine rings is 1. The molecule has 20 heavy (non-hydrogen) atoms. The molecule has 0 fully saturated rings. The van der Waals surface area contributed by atoms with Crippen molar-refractivity contribution in [1.29, 1.82) is 0 Å². The number of anilines is 1. The molecule has 100 valence electrons. The van der Waals surface area contributed by atoms with Gasteiger partial charge in [-0.15, -0.1) is 0 Å². The number of rotatable bonds is 4. The fraction of sp³-hybridized carbons (Fsp3) is 0.133. The van der Waals surface area contributed by atoms with Crippen LogP contribution in [0.1, 0.15) is 5.56 Å². The van der Waals surface area contributed by atoms with Crippen LogP contribution in [0.2, 0.25) is 0 Å². The normalized spacial score (nSPS) is 10.6. The van der Waals surface area contributed by atoms with Crippen LogP contribution < -0.4 is 5.73 Å². The summed E-state index contributed by atoms with van der Waals surface area (Å²) in [4.78, 5) is 8.42. The van der Waals surface area contributed by atoms with Crippen molar-refractivity contribution in [2.75, 3.05) is 5.73 Å². The third-order valence-corrected chi connectivity index (χ3v) is 3.06. The molecule has 2 heterocycles. The topological polar surface area (TPSA) is 69.6 Å². The van der Waals surface area contributed by atoms with E-state index < -0.39 is 0 Å². The molecular formula is C15H15N5. The predicted molar refractivity (Wildman–Crippen MR) is 77.8 cm³/mol. The van der Waals surface area contributed by atoms with Crippen LogP contribution in [-0.4, -0.2) is 19.7 Å². The van der Waals surface area contributed by atoms with E-state index in [9.17, 15) is 0 Å². The molecule has 0 atom stereocenters. The molecule has 0 saturated carbocycles. The van der Waals surface area contributed by atoms with Gasteiger partial charge in [0, 0.05) is 30.2 Å². The van der Waals surface area contributed by atoms with Gasteiger partial charge in [-0.05, 0) is 42.3 Å². The van der Waals surface area contributed by atoms with Gasteiger partial charge >= 0.3 is 0 Å². The van der Waals surface area contributed by atoms with Crippen LogP contribution >= 0.6 is 0 Å². The monoisotopic (exact) mass is 265 g/mol. The third kappa shape index (κ3) is 2.83. The molecule has 0 saturated heterocycles. The first-order valence-electron chi connectivity index (χ1n) is 6.45. The quantitative estimate of drug-likeness (QED) is 0.734. The van der Waals surface area contributed by atoms with Crippen molar-refractivity contribution in [2.24, 2.45) is 0 Å². The van der Waals surface area contributed by atoms with Crippen LogP contribution in [-0.2, 0) is 13.0 Å². The summed E-state index contributed by atoms with van der Waals surface area (Å²) in [6.07, 6.45) is 6.29. The number of hydrogen-bond donors (Lipinski definition) is 1. The highest BCUT2D eigenvalue weighted by Gasteiger charge is 2.04. The van der Waals surface area contributed by atoms with Gasteiger partial charge in [0.15, 0.2) is 5.82 Å². The lowest BCUT2D eigenvalue weighted by Gasteiger charge is -2.00. The van der Waals surface area contributed by atoms with E-state index in [1.54, 1.807) is 12.5 Å². The standard InChI is InChI=1S/C15H15N5/c16-14-5-3-13(4-6-14)15-18-11-20(19-15)9-7-12-2-1-8-17-10-12/h1-6,8,10-11H,7,9,16H2. The van der Waals surface area contributed by atoms with Crippen molar-refractivity contribution in [1.82, 2.24) is 19.7 Å². The highest BCUT2D eigenvalue weighted by molar-refractivity contribution is 5.57. The molecule has 3 rings (SSSR count). The molecule has 0 aliphatic carbocycles. The van der Waals surface area contributed by atoms with Gasteiger partial charge in [-0.25, -0.2) is 4.98 Å². The largest absolute Gasteiger partial charge is 0.399 e. The number of benzene rings is 1. The van der Waals surface area contributed by atoms with Crippen molar-refractivity contribution in [2.45, 2.75) is 13.0 Å². The molecule has 0 unspecified atom stereocenters. The zero-order valence-electron chi connectivity index (χ0n) is 11.0. The molecule has 0 spiro atoms. The van der Waals surface area contributed by atoms with Crippen molar-refractivity contribution >= 4 is 5.69 Å². The molecule has 3 aromatic rings. The third-order valence-electron chi connectivity index (χ3n) is 3.06. The number of hydrogen-bond acceptors (Lipinski definition) is 4. The van der Waals surface area contributed by atoms with Crippen molar-refractivity contribution in [3.8, 4) is 11.4 Å². The molecule has 0 radical (unpaired) electrons. The maximum atomic E-state index is 5.67. The Morgan fingerprint density at radius 3 is 2.70 bits per heavy atom. The summed E-state index contributed by atoms with van der Waals surface area (Å²) in [6, 6.07) is 11.6. The SMILES string of the molecule is Nc1ccc(-c2ncn(CCc3cccnc3)n2)cc1. The Bertz CT molecular complexity index is 673. The number of aryl methyl sites for hydroxylation is 2. The van der Waals surface area contributed by atoms with Gasteiger partial charge in [-0.2, -0.15) is 5.10 Å². The predicted octanol–water partition coefficient (Wildman–Crippen LogP) is 2.17. The van der Waals surface area contributed by atoms with Crippen LogP contribution in [0, 0.1) is 0 Å². The number of nitrogens with two attached hydrogens (primary N) is 1. The van der Waals surface area contributed by atoms with E-state index in [4.69, 9.17) is 5.73 Å². The minimum absolute atomic E-state index is 0.719. The molecule has 1 aromatic carbocycles. The molecule has 0 amide bonds. The van der Waals surface area contributed by atoms with E-state index >= 15 is 0 Å². The summed E-state index contributed by atoms with van der Waals surface area (Å²) >= 11 is 0. The first kappa shape index (κ1) is 12.3. The highest BCUT2D eigenvalue weighted by Crippen LogP contribution is 2.15. The second-order valence-corrected chi connectivity index (χ2v) is 4.56. The van der Waals surface area contributed by atoms with Crippen molar-refractivity contribution < 1.29 is 0 Å². The van der Waals surface area contributed by atoms with E-state index in [1.807, 2.05) is 41.2 Å². The van der Waals surface area contributed by atoms with Gasteiger partial charge in [0.05, 0.1) is 0 Å². The maximum Gasteiger partial charge on any atom is 0.181 e. The van der Waals surface area contributed by atoms with Gasteiger partial charge in [0.1, 0.15) is 6.33 Å². The second kappa shape index (κ2) is 5.52. The minimum Gasteiger partial charge on any atom is -0.399 e. The van der Waals surface area contributed by atoms with Gasteiger partial charge in [0.25, 0.3) is 0 Å². The van der Waals surface area contributed by atoms with Gasteiger partial charge < -0.3 is 5.73 Å². The van der Waals surface area contributed by atoms with Gasteiger partial charge in [-0.3, -0.25) is 9.67 Å². The van der Waals surface area contributed by atoms with Crippen LogP contribution in [0.5, 0.6) is 0 Å². The second-order valence-electron chi connectivity index (χ2n) is 4.56. The van der Waals surface area contributed by atoms with E-state index in [1.165, 1.54) is 5.56 Å². The van der Waals surface area contributed by atoms with E-state index in [0.29, 0.717) is 0 Å². The molecule has 2 N–H and O–H groups in total. The van der Waals surface area contributed by atoms with Crippen LogP contribution in [0.25, 0.3) is 11.4 Å². The summed E-state index contributed by atoms with van der Waals surface area (Å²) in [5, 5.41) is 4.47. The summed E-state index contributed by atoms with van der Waals surface area (Å²) in [5.74, 6) is 0.719. The van der Waals surface area contributed by atoms with Crippen molar-refractivity contribution in [3.05, 3.63) is 60.7 Å². The molecule has 5 nitrogen and oxygen atoms in total. The average molecular weight is 265 g/mol. The zero-order valence-corrected chi connectivity index (χ0v) is 11.0. The fourth-order valence-corrected chi connectivity index (χ4v) is 1.96. The molecule has 0 aliphatic heterocycles. The first-order valence-corrected chi connectivity index (χ1v) is 6.45. The molecule has 2 aromatic heterocycles. The lowest BCUT2D eigenvalue weighted by Crippen LogP contribution is -2.02.